The number of anilines is 1. The van der Waals surface area contributed by atoms with Gasteiger partial charge in [0.15, 0.2) is 0 Å². The molecule has 0 aliphatic heterocycles. The smallest absolute Gasteiger partial charge is 0.130 e. The van der Waals surface area contributed by atoms with Gasteiger partial charge >= 0.3 is 0 Å². The maximum atomic E-state index is 3.81. The normalized spacial score (nSPS) is 12.3. The highest BCUT2D eigenvalue weighted by Crippen LogP contribution is 2.13. The monoisotopic (exact) mass is 219 g/mol. The molecule has 2 aromatic rings. The van der Waals surface area contributed by atoms with Gasteiger partial charge in [-0.2, -0.15) is 0 Å². The van der Waals surface area contributed by atoms with Crippen molar-refractivity contribution in [1.29, 1.82) is 0 Å². The summed E-state index contributed by atoms with van der Waals surface area (Å²) < 4.78 is 3.81. The lowest BCUT2D eigenvalue weighted by atomic mass is 10.1. The van der Waals surface area contributed by atoms with Gasteiger partial charge in [0, 0.05) is 17.6 Å². The summed E-state index contributed by atoms with van der Waals surface area (Å²) in [6.45, 7) is 2.16. The Bertz CT molecular complexity index is 385. The highest BCUT2D eigenvalue weighted by Gasteiger charge is 2.04. The molecule has 0 saturated carbocycles. The predicted octanol–water partition coefficient (Wildman–Crippen LogP) is 2.58. The van der Waals surface area contributed by atoms with Gasteiger partial charge < -0.3 is 5.32 Å². The number of nitrogens with zero attached hydrogens (tertiary/aromatic N) is 2. The Morgan fingerprint density at radius 2 is 2.13 bits per heavy atom. The first-order chi connectivity index (χ1) is 7.34. The summed E-state index contributed by atoms with van der Waals surface area (Å²) in [7, 11) is 0. The Morgan fingerprint density at radius 1 is 1.33 bits per heavy atom. The number of hydrogen-bond donors (Lipinski definition) is 1. The summed E-state index contributed by atoms with van der Waals surface area (Å²) in [4.78, 5) is 0. The second-order valence-corrected chi connectivity index (χ2v) is 4.30. The maximum Gasteiger partial charge on any atom is 0.130 e. The maximum absolute atomic E-state index is 3.81. The molecule has 1 aromatic heterocycles. The number of nitrogens with one attached hydrogen (secondary N) is 1. The first-order valence-corrected chi connectivity index (χ1v) is 5.70. The van der Waals surface area contributed by atoms with Crippen molar-refractivity contribution >= 4 is 16.5 Å². The first-order valence-electron chi connectivity index (χ1n) is 4.92. The molecule has 3 nitrogen and oxygen atoms in total. The number of hydrogen-bond acceptors (Lipinski definition) is 4. The average Bonchev–Trinajstić information content (AvgIpc) is 2.71. The zero-order valence-corrected chi connectivity index (χ0v) is 9.37. The summed E-state index contributed by atoms with van der Waals surface area (Å²) in [5.74, 6) is 0. The average molecular weight is 219 g/mol. The minimum atomic E-state index is 0.398. The van der Waals surface area contributed by atoms with Crippen molar-refractivity contribution in [3.63, 3.8) is 0 Å². The molecule has 4 heteroatoms. The van der Waals surface area contributed by atoms with E-state index in [9.17, 15) is 0 Å². The van der Waals surface area contributed by atoms with Crippen LogP contribution >= 0.6 is 11.5 Å². The lowest BCUT2D eigenvalue weighted by Gasteiger charge is -2.12. The van der Waals surface area contributed by atoms with Crippen LogP contribution in [-0.2, 0) is 6.42 Å². The van der Waals surface area contributed by atoms with Crippen LogP contribution in [0.3, 0.4) is 0 Å². The van der Waals surface area contributed by atoms with E-state index in [2.05, 4.69) is 46.1 Å². The van der Waals surface area contributed by atoms with Gasteiger partial charge in [-0.15, -0.1) is 5.10 Å². The van der Waals surface area contributed by atoms with E-state index < -0.39 is 0 Å². The van der Waals surface area contributed by atoms with Gasteiger partial charge in [0.05, 0.1) is 6.20 Å². The van der Waals surface area contributed by atoms with E-state index in [1.54, 1.807) is 6.20 Å². The lowest BCUT2D eigenvalue weighted by Crippen LogP contribution is -2.17. The Hall–Kier alpha value is -1.42. The van der Waals surface area contributed by atoms with Gasteiger partial charge in [0.25, 0.3) is 0 Å². The first kappa shape index (κ1) is 10.1. The molecule has 0 fully saturated rings. The van der Waals surface area contributed by atoms with E-state index in [1.165, 1.54) is 17.1 Å². The number of aromatic nitrogens is 2. The van der Waals surface area contributed by atoms with E-state index in [4.69, 9.17) is 0 Å². The molecule has 1 unspecified atom stereocenters. The van der Waals surface area contributed by atoms with Crippen LogP contribution in [-0.4, -0.2) is 15.6 Å². The van der Waals surface area contributed by atoms with Crippen LogP contribution < -0.4 is 5.32 Å². The fraction of sp³-hybridized carbons (Fsp3) is 0.273. The summed E-state index contributed by atoms with van der Waals surface area (Å²) in [6.07, 6.45) is 2.77. The van der Waals surface area contributed by atoms with Crippen molar-refractivity contribution in [2.75, 3.05) is 5.32 Å². The minimum Gasteiger partial charge on any atom is -0.372 e. The SMILES string of the molecule is CC(Cc1ccccc1)Nc1cnns1. The molecule has 15 heavy (non-hydrogen) atoms. The van der Waals surface area contributed by atoms with E-state index in [1.807, 2.05) is 6.07 Å². The van der Waals surface area contributed by atoms with Crippen LogP contribution in [0.5, 0.6) is 0 Å². The standard InChI is InChI=1S/C11H13N3S/c1-9(13-11-8-12-14-15-11)7-10-5-3-2-4-6-10/h2-6,8-9,13H,7H2,1H3. The molecular formula is C11H13N3S. The summed E-state index contributed by atoms with van der Waals surface area (Å²) in [5, 5.41) is 8.18. The van der Waals surface area contributed by atoms with Crippen LogP contribution in [0.15, 0.2) is 36.5 Å². The molecule has 0 spiro atoms. The zero-order valence-electron chi connectivity index (χ0n) is 8.55. The molecule has 0 bridgehead atoms. The van der Waals surface area contributed by atoms with Crippen molar-refractivity contribution in [2.45, 2.75) is 19.4 Å². The number of rotatable bonds is 4. The lowest BCUT2D eigenvalue weighted by molar-refractivity contribution is 0.793. The second kappa shape index (κ2) is 4.89. The van der Waals surface area contributed by atoms with E-state index >= 15 is 0 Å². The Kier molecular flexibility index (Phi) is 3.29. The predicted molar refractivity (Wildman–Crippen MR) is 63.1 cm³/mol. The van der Waals surface area contributed by atoms with Gasteiger partial charge in [-0.3, -0.25) is 0 Å². The third-order valence-electron chi connectivity index (χ3n) is 2.13. The molecule has 0 aliphatic rings. The fourth-order valence-corrected chi connectivity index (χ4v) is 2.02. The molecule has 0 amide bonds. The van der Waals surface area contributed by atoms with Crippen LogP contribution in [0.25, 0.3) is 0 Å². The van der Waals surface area contributed by atoms with Crippen molar-refractivity contribution in [2.24, 2.45) is 0 Å². The number of benzene rings is 1. The second-order valence-electron chi connectivity index (χ2n) is 3.52. The summed E-state index contributed by atoms with van der Waals surface area (Å²) in [5.41, 5.74) is 1.34. The summed E-state index contributed by atoms with van der Waals surface area (Å²) >= 11 is 1.39. The highest BCUT2D eigenvalue weighted by atomic mass is 32.1. The van der Waals surface area contributed by atoms with Crippen LogP contribution in [0, 0.1) is 0 Å². The highest BCUT2D eigenvalue weighted by molar-refractivity contribution is 7.09. The van der Waals surface area contributed by atoms with Gasteiger partial charge in [-0.05, 0) is 18.9 Å². The van der Waals surface area contributed by atoms with Crippen molar-refractivity contribution in [1.82, 2.24) is 9.59 Å². The molecule has 1 N–H and O–H groups in total. The van der Waals surface area contributed by atoms with Crippen molar-refractivity contribution in [3.8, 4) is 0 Å². The van der Waals surface area contributed by atoms with Crippen molar-refractivity contribution < 1.29 is 0 Å². The molecule has 0 saturated heterocycles. The topological polar surface area (TPSA) is 37.8 Å². The molecule has 1 atom stereocenters. The molecule has 0 aliphatic carbocycles. The van der Waals surface area contributed by atoms with Crippen LogP contribution in [0.1, 0.15) is 12.5 Å². The molecule has 0 radical (unpaired) electrons. The molecule has 2 rings (SSSR count). The quantitative estimate of drug-likeness (QED) is 0.858. The molecule has 78 valence electrons. The van der Waals surface area contributed by atoms with E-state index in [0.29, 0.717) is 6.04 Å². The third kappa shape index (κ3) is 3.02. The Labute approximate surface area is 93.3 Å². The van der Waals surface area contributed by atoms with Crippen LogP contribution in [0.2, 0.25) is 0 Å². The Morgan fingerprint density at radius 3 is 2.80 bits per heavy atom. The third-order valence-corrected chi connectivity index (χ3v) is 2.73. The van der Waals surface area contributed by atoms with Gasteiger partial charge in [0.2, 0.25) is 0 Å². The minimum absolute atomic E-state index is 0.398. The van der Waals surface area contributed by atoms with E-state index in [-0.39, 0.29) is 0 Å². The Balaban J connectivity index is 1.90. The van der Waals surface area contributed by atoms with Gasteiger partial charge in [-0.25, -0.2) is 0 Å². The van der Waals surface area contributed by atoms with Gasteiger partial charge in [-0.1, -0.05) is 34.8 Å². The van der Waals surface area contributed by atoms with Crippen molar-refractivity contribution in [3.05, 3.63) is 42.1 Å². The molecule has 1 aromatic carbocycles. The van der Waals surface area contributed by atoms with Crippen LogP contribution in [0.4, 0.5) is 5.00 Å². The largest absolute Gasteiger partial charge is 0.372 e. The van der Waals surface area contributed by atoms with E-state index in [0.717, 1.165) is 11.4 Å². The molecular weight excluding hydrogens is 206 g/mol. The van der Waals surface area contributed by atoms with Gasteiger partial charge in [0.1, 0.15) is 5.00 Å². The summed E-state index contributed by atoms with van der Waals surface area (Å²) in [6, 6.07) is 10.8. The molecule has 1 heterocycles. The zero-order chi connectivity index (χ0) is 10.5. The fourth-order valence-electron chi connectivity index (χ4n) is 1.49.